The fraction of sp³-hybridized carbons (Fsp3) is 0.280. The van der Waals surface area contributed by atoms with E-state index in [1.165, 1.54) is 0 Å². The number of halogens is 3. The molecule has 0 radical (unpaired) electrons. The zero-order valence-corrected chi connectivity index (χ0v) is 17.9. The van der Waals surface area contributed by atoms with Crippen molar-refractivity contribution in [2.45, 2.75) is 38.0 Å². The summed E-state index contributed by atoms with van der Waals surface area (Å²) in [5, 5.41) is 0.0233. The van der Waals surface area contributed by atoms with Gasteiger partial charge in [-0.2, -0.15) is 13.2 Å². The molecule has 5 nitrogen and oxygen atoms in total. The molecule has 2 heterocycles. The van der Waals surface area contributed by atoms with Crippen molar-refractivity contribution in [2.75, 3.05) is 0 Å². The number of rotatable bonds is 4. The van der Waals surface area contributed by atoms with Crippen LogP contribution in [0.3, 0.4) is 0 Å². The van der Waals surface area contributed by atoms with Crippen LogP contribution in [0.4, 0.5) is 13.2 Å². The number of aromatic nitrogens is 2. The lowest BCUT2D eigenvalue weighted by atomic mass is 9.66. The average Bonchev–Trinajstić information content (AvgIpc) is 3.15. The largest absolute Gasteiger partial charge is 0.437 e. The molecule has 0 spiro atoms. The fourth-order valence-corrected chi connectivity index (χ4v) is 4.79. The molecule has 0 atom stereocenters. The summed E-state index contributed by atoms with van der Waals surface area (Å²) in [5.74, 6) is 0.963. The van der Waals surface area contributed by atoms with Gasteiger partial charge in [0.1, 0.15) is 24.0 Å². The number of benzene rings is 2. The molecule has 8 heteroatoms. The van der Waals surface area contributed by atoms with Gasteiger partial charge in [-0.05, 0) is 29.9 Å². The highest BCUT2D eigenvalue weighted by Gasteiger charge is 2.39. The van der Waals surface area contributed by atoms with Gasteiger partial charge in [0, 0.05) is 16.7 Å². The minimum atomic E-state index is -4.55. The lowest BCUT2D eigenvalue weighted by Crippen LogP contribution is -2.47. The van der Waals surface area contributed by atoms with Crippen molar-refractivity contribution in [3.05, 3.63) is 76.8 Å². The highest BCUT2D eigenvalue weighted by Crippen LogP contribution is 2.44. The number of nitrogens with zero attached hydrogens (tertiary/aromatic N) is 2. The van der Waals surface area contributed by atoms with E-state index in [2.05, 4.69) is 11.9 Å². The predicted molar refractivity (Wildman–Crippen MR) is 119 cm³/mol. The fourth-order valence-electron chi connectivity index (χ4n) is 4.79. The lowest BCUT2D eigenvalue weighted by Gasteiger charge is -2.44. The number of hydrogen-bond acceptors (Lipinski definition) is 4. The Morgan fingerprint density at radius 1 is 1.09 bits per heavy atom. The molecule has 4 aromatic rings. The summed E-state index contributed by atoms with van der Waals surface area (Å²) in [7, 11) is 0. The van der Waals surface area contributed by atoms with Gasteiger partial charge in [0.15, 0.2) is 0 Å². The van der Waals surface area contributed by atoms with Crippen LogP contribution in [0, 0.1) is 5.92 Å². The molecule has 1 saturated carbocycles. The molecule has 2 N–H and O–H groups in total. The first-order chi connectivity index (χ1) is 15.6. The number of furan rings is 1. The Morgan fingerprint density at radius 2 is 1.76 bits per heavy atom. The average molecular weight is 453 g/mol. The predicted octanol–water partition coefficient (Wildman–Crippen LogP) is 5.47. The topological polar surface area (TPSA) is 74.0 Å². The van der Waals surface area contributed by atoms with E-state index in [0.29, 0.717) is 32.9 Å². The smallest absolute Gasteiger partial charge is 0.406 e. The van der Waals surface area contributed by atoms with Crippen LogP contribution in [0.2, 0.25) is 0 Å². The molecule has 170 valence electrons. The molecule has 1 aliphatic carbocycles. The zero-order chi connectivity index (χ0) is 23.4. The van der Waals surface area contributed by atoms with E-state index in [1.54, 1.807) is 24.3 Å². The van der Waals surface area contributed by atoms with E-state index >= 15 is 0 Å². The maximum Gasteiger partial charge on any atom is 0.406 e. The molecule has 1 fully saturated rings. The third-order valence-electron chi connectivity index (χ3n) is 6.24. The van der Waals surface area contributed by atoms with Crippen molar-refractivity contribution in [3.8, 4) is 22.5 Å². The summed E-state index contributed by atoms with van der Waals surface area (Å²) in [6.45, 7) is 0.744. The van der Waals surface area contributed by atoms with Crippen molar-refractivity contribution in [1.82, 2.24) is 9.55 Å². The van der Waals surface area contributed by atoms with Gasteiger partial charge < -0.3 is 10.2 Å². The van der Waals surface area contributed by atoms with Crippen LogP contribution >= 0.6 is 0 Å². The number of nitrogens with two attached hydrogens (primary N) is 1. The van der Waals surface area contributed by atoms with Gasteiger partial charge in [0.2, 0.25) is 5.71 Å². The molecule has 1 aliphatic rings. The van der Waals surface area contributed by atoms with Gasteiger partial charge in [0.05, 0.1) is 0 Å². The molecule has 2 aromatic heterocycles. The van der Waals surface area contributed by atoms with Gasteiger partial charge >= 0.3 is 6.18 Å². The molecule has 0 unspecified atom stereocenters. The zero-order valence-electron chi connectivity index (χ0n) is 17.9. The first-order valence-electron chi connectivity index (χ1n) is 10.7. The van der Waals surface area contributed by atoms with Gasteiger partial charge in [-0.1, -0.05) is 61.5 Å². The Hall–Kier alpha value is -3.39. The van der Waals surface area contributed by atoms with Crippen molar-refractivity contribution in [3.63, 3.8) is 0 Å². The van der Waals surface area contributed by atoms with Gasteiger partial charge in [-0.15, -0.1) is 0 Å². The molecule has 0 saturated heterocycles. The first kappa shape index (κ1) is 21.5. The van der Waals surface area contributed by atoms with Crippen molar-refractivity contribution < 1.29 is 17.6 Å². The Balaban J connectivity index is 1.68. The monoisotopic (exact) mass is 453 g/mol. The van der Waals surface area contributed by atoms with Gasteiger partial charge in [0.25, 0.3) is 5.56 Å². The third-order valence-corrected chi connectivity index (χ3v) is 6.24. The molecular formula is C25H22F3N3O2. The van der Waals surface area contributed by atoms with E-state index in [1.807, 2.05) is 30.3 Å². The van der Waals surface area contributed by atoms with Crippen LogP contribution in [0.25, 0.3) is 33.6 Å². The van der Waals surface area contributed by atoms with Crippen molar-refractivity contribution >= 4 is 11.1 Å². The Morgan fingerprint density at radius 3 is 2.36 bits per heavy atom. The van der Waals surface area contributed by atoms with Crippen LogP contribution in [-0.4, -0.2) is 15.7 Å². The normalized spacial score (nSPS) is 20.7. The van der Waals surface area contributed by atoms with Crippen LogP contribution in [-0.2, 0) is 12.1 Å². The molecule has 33 heavy (non-hydrogen) atoms. The van der Waals surface area contributed by atoms with Crippen LogP contribution in [0.1, 0.15) is 25.3 Å². The van der Waals surface area contributed by atoms with E-state index < -0.39 is 18.3 Å². The first-order valence-corrected chi connectivity index (χ1v) is 10.7. The Labute approximate surface area is 187 Å². The Kier molecular flexibility index (Phi) is 4.93. The molecular weight excluding hydrogens is 431 g/mol. The van der Waals surface area contributed by atoms with Crippen LogP contribution in [0.5, 0.6) is 0 Å². The second-order valence-electron chi connectivity index (χ2n) is 8.89. The molecule has 0 aliphatic heterocycles. The highest BCUT2D eigenvalue weighted by molar-refractivity contribution is 5.99. The maximum atomic E-state index is 13.1. The summed E-state index contributed by atoms with van der Waals surface area (Å²) in [6, 6.07) is 16.6. The van der Waals surface area contributed by atoms with E-state index in [4.69, 9.17) is 10.2 Å². The van der Waals surface area contributed by atoms with E-state index in [0.717, 1.165) is 24.7 Å². The van der Waals surface area contributed by atoms with Crippen LogP contribution < -0.4 is 11.3 Å². The second kappa shape index (κ2) is 7.59. The van der Waals surface area contributed by atoms with Crippen molar-refractivity contribution in [1.29, 1.82) is 0 Å². The SMILES string of the molecule is CC1CC(N)(c2ccc(-c3oc4ncn(CC(F)(F)F)c(=O)c4c3-c3ccccc3)cc2)C1. The number of fused-ring (bicyclic) bond motifs is 1. The molecule has 5 rings (SSSR count). The highest BCUT2D eigenvalue weighted by atomic mass is 19.4. The second-order valence-corrected chi connectivity index (χ2v) is 8.89. The summed E-state index contributed by atoms with van der Waals surface area (Å²) < 4.78 is 45.5. The minimum absolute atomic E-state index is 0.000494. The molecule has 2 aromatic carbocycles. The lowest BCUT2D eigenvalue weighted by molar-refractivity contribution is -0.141. The Bertz CT molecular complexity index is 1370. The van der Waals surface area contributed by atoms with E-state index in [9.17, 15) is 18.0 Å². The standard InChI is InChI=1S/C25H22F3N3O2/c1-15-11-24(29,12-15)18-9-7-17(8-10-18)21-19(16-5-3-2-4-6-16)20-22(33-21)30-14-31(23(20)32)13-25(26,27)28/h2-10,14-15H,11-13,29H2,1H3. The quantitative estimate of drug-likeness (QED) is 0.445. The molecule has 0 amide bonds. The number of alkyl halides is 3. The van der Waals surface area contributed by atoms with E-state index in [-0.39, 0.29) is 16.6 Å². The minimum Gasteiger partial charge on any atom is -0.437 e. The summed E-state index contributed by atoms with van der Waals surface area (Å²) in [5.41, 5.74) is 8.14. The summed E-state index contributed by atoms with van der Waals surface area (Å²) >= 11 is 0. The van der Waals surface area contributed by atoms with Crippen molar-refractivity contribution in [2.24, 2.45) is 11.7 Å². The summed E-state index contributed by atoms with van der Waals surface area (Å²) in [6.07, 6.45) is -1.85. The van der Waals surface area contributed by atoms with Gasteiger partial charge in [-0.3, -0.25) is 9.36 Å². The third kappa shape index (κ3) is 3.84. The van der Waals surface area contributed by atoms with Crippen LogP contribution in [0.15, 0.2) is 70.1 Å². The molecule has 0 bridgehead atoms. The maximum absolute atomic E-state index is 13.1. The van der Waals surface area contributed by atoms with Gasteiger partial charge in [-0.25, -0.2) is 4.98 Å². The number of hydrogen-bond donors (Lipinski definition) is 1. The summed E-state index contributed by atoms with van der Waals surface area (Å²) in [4.78, 5) is 17.1.